The molecule has 0 spiro atoms. The Hall–Kier alpha value is -1.13. The molecule has 4 nitrogen and oxygen atoms in total. The van der Waals surface area contributed by atoms with Gasteiger partial charge >= 0.3 is 0 Å². The number of rotatable bonds is 4. The van der Waals surface area contributed by atoms with Crippen LogP contribution < -0.4 is 0 Å². The molecule has 1 aromatic heterocycles. The van der Waals surface area contributed by atoms with E-state index in [1.807, 2.05) is 14.0 Å². The molecule has 0 radical (unpaired) electrons. The summed E-state index contributed by atoms with van der Waals surface area (Å²) in [6, 6.07) is 3.42. The van der Waals surface area contributed by atoms with Crippen LogP contribution in [0.5, 0.6) is 0 Å². The van der Waals surface area contributed by atoms with Crippen molar-refractivity contribution in [2.45, 2.75) is 31.7 Å². The van der Waals surface area contributed by atoms with Crippen LogP contribution in [0.15, 0.2) is 12.1 Å². The monoisotopic (exact) mass is 295 g/mol. The van der Waals surface area contributed by atoms with Crippen molar-refractivity contribution in [1.82, 2.24) is 14.8 Å². The van der Waals surface area contributed by atoms with Crippen LogP contribution in [0.4, 0.5) is 0 Å². The van der Waals surface area contributed by atoms with Crippen molar-refractivity contribution >= 4 is 17.5 Å². The van der Waals surface area contributed by atoms with Gasteiger partial charge in [-0.15, -0.1) is 0 Å². The van der Waals surface area contributed by atoms with E-state index < -0.39 is 0 Å². The summed E-state index contributed by atoms with van der Waals surface area (Å²) in [5.74, 6) is 0.00512. The Morgan fingerprint density at radius 3 is 2.45 bits per heavy atom. The Balaban J connectivity index is 2.12. The summed E-state index contributed by atoms with van der Waals surface area (Å²) < 4.78 is 0. The smallest absolute Gasteiger partial charge is 0.253 e. The summed E-state index contributed by atoms with van der Waals surface area (Å²) in [6.45, 7) is 2.59. The molecule has 0 saturated heterocycles. The second-order valence-corrected chi connectivity index (χ2v) is 6.34. The molecule has 1 fully saturated rings. The Bertz CT molecular complexity index is 492. The fraction of sp³-hybridized carbons (Fsp3) is 0.600. The van der Waals surface area contributed by atoms with Gasteiger partial charge in [0, 0.05) is 30.4 Å². The van der Waals surface area contributed by atoms with Crippen LogP contribution in [0.3, 0.4) is 0 Å². The van der Waals surface area contributed by atoms with Crippen LogP contribution in [-0.4, -0.2) is 53.9 Å². The van der Waals surface area contributed by atoms with Gasteiger partial charge in [-0.25, -0.2) is 4.98 Å². The minimum Gasteiger partial charge on any atom is -0.340 e. The molecule has 110 valence electrons. The van der Waals surface area contributed by atoms with E-state index in [-0.39, 0.29) is 11.4 Å². The number of amides is 1. The number of aryl methyl sites for hydroxylation is 1. The first-order valence-electron chi connectivity index (χ1n) is 6.91. The zero-order valence-electron chi connectivity index (χ0n) is 12.6. The molecule has 20 heavy (non-hydrogen) atoms. The summed E-state index contributed by atoms with van der Waals surface area (Å²) in [5.41, 5.74) is 1.51. The van der Waals surface area contributed by atoms with Gasteiger partial charge in [0.2, 0.25) is 0 Å². The molecule has 0 N–H and O–H groups in total. The molecule has 0 atom stereocenters. The first-order chi connectivity index (χ1) is 9.34. The highest BCUT2D eigenvalue weighted by molar-refractivity contribution is 6.29. The predicted octanol–water partition coefficient (Wildman–Crippen LogP) is 2.60. The van der Waals surface area contributed by atoms with Gasteiger partial charge in [-0.05, 0) is 52.4 Å². The highest BCUT2D eigenvalue weighted by atomic mass is 35.5. The Labute approximate surface area is 125 Å². The molecule has 0 bridgehead atoms. The van der Waals surface area contributed by atoms with Crippen molar-refractivity contribution < 1.29 is 4.79 Å². The van der Waals surface area contributed by atoms with E-state index in [1.165, 1.54) is 6.42 Å². The van der Waals surface area contributed by atoms with Crippen molar-refractivity contribution in [1.29, 1.82) is 0 Å². The quantitative estimate of drug-likeness (QED) is 0.801. The molecule has 1 aromatic rings. The van der Waals surface area contributed by atoms with Crippen molar-refractivity contribution in [3.63, 3.8) is 0 Å². The standard InChI is InChI=1S/C15H22ClN3O/c1-11-8-12(9-13(16)17-11)14(20)19(4)10-15(18(2)3)6-5-7-15/h8-9H,5-7,10H2,1-4H3. The lowest BCUT2D eigenvalue weighted by Crippen LogP contribution is -2.57. The lowest BCUT2D eigenvalue weighted by molar-refractivity contribution is 0.0252. The fourth-order valence-electron chi connectivity index (χ4n) is 2.82. The van der Waals surface area contributed by atoms with E-state index in [0.717, 1.165) is 25.1 Å². The number of hydrogen-bond donors (Lipinski definition) is 0. The molecule has 0 aromatic carbocycles. The maximum Gasteiger partial charge on any atom is 0.253 e. The topological polar surface area (TPSA) is 36.4 Å². The molecule has 1 aliphatic rings. The van der Waals surface area contributed by atoms with Crippen LogP contribution in [0.25, 0.3) is 0 Å². The number of pyridine rings is 1. The van der Waals surface area contributed by atoms with Crippen LogP contribution in [-0.2, 0) is 0 Å². The molecular weight excluding hydrogens is 274 g/mol. The Morgan fingerprint density at radius 2 is 2.00 bits per heavy atom. The molecule has 0 unspecified atom stereocenters. The van der Waals surface area contributed by atoms with Crippen LogP contribution in [0, 0.1) is 6.92 Å². The van der Waals surface area contributed by atoms with Gasteiger partial charge in [-0.3, -0.25) is 4.79 Å². The van der Waals surface area contributed by atoms with Crippen molar-refractivity contribution in [2.24, 2.45) is 0 Å². The van der Waals surface area contributed by atoms with Gasteiger partial charge in [-0.1, -0.05) is 11.6 Å². The SMILES string of the molecule is Cc1cc(C(=O)N(C)CC2(N(C)C)CCC2)cc(Cl)n1. The summed E-state index contributed by atoms with van der Waals surface area (Å²) in [5, 5.41) is 0.368. The van der Waals surface area contributed by atoms with Gasteiger partial charge in [0.1, 0.15) is 5.15 Å². The van der Waals surface area contributed by atoms with Crippen molar-refractivity contribution in [3.8, 4) is 0 Å². The van der Waals surface area contributed by atoms with Gasteiger partial charge in [-0.2, -0.15) is 0 Å². The zero-order chi connectivity index (χ0) is 14.9. The number of hydrogen-bond acceptors (Lipinski definition) is 3. The van der Waals surface area contributed by atoms with Gasteiger partial charge in [0.15, 0.2) is 0 Å². The van der Waals surface area contributed by atoms with E-state index in [2.05, 4.69) is 24.0 Å². The Morgan fingerprint density at radius 1 is 1.35 bits per heavy atom. The van der Waals surface area contributed by atoms with E-state index in [9.17, 15) is 4.79 Å². The van der Waals surface area contributed by atoms with Gasteiger partial charge in [0.25, 0.3) is 5.91 Å². The fourth-order valence-corrected chi connectivity index (χ4v) is 3.07. The minimum atomic E-state index is 0.00512. The molecule has 5 heteroatoms. The molecule has 1 saturated carbocycles. The van der Waals surface area contributed by atoms with Gasteiger partial charge < -0.3 is 9.80 Å². The Kier molecular flexibility index (Phi) is 4.35. The minimum absolute atomic E-state index is 0.00512. The number of likely N-dealkylation sites (N-methyl/N-ethyl adjacent to an activating group) is 2. The van der Waals surface area contributed by atoms with E-state index >= 15 is 0 Å². The molecule has 1 aliphatic carbocycles. The maximum absolute atomic E-state index is 12.5. The van der Waals surface area contributed by atoms with Crippen LogP contribution >= 0.6 is 11.6 Å². The summed E-state index contributed by atoms with van der Waals surface area (Å²) in [4.78, 5) is 20.6. The van der Waals surface area contributed by atoms with Crippen LogP contribution in [0.2, 0.25) is 5.15 Å². The molecule has 1 amide bonds. The molecular formula is C15H22ClN3O. The largest absolute Gasteiger partial charge is 0.340 e. The third-order valence-electron chi connectivity index (χ3n) is 4.28. The highest BCUT2D eigenvalue weighted by Crippen LogP contribution is 2.36. The van der Waals surface area contributed by atoms with E-state index in [0.29, 0.717) is 10.7 Å². The molecule has 1 heterocycles. The average molecular weight is 296 g/mol. The first kappa shape index (κ1) is 15.3. The van der Waals surface area contributed by atoms with E-state index in [4.69, 9.17) is 11.6 Å². The second kappa shape index (κ2) is 5.70. The number of halogens is 1. The first-order valence-corrected chi connectivity index (χ1v) is 7.29. The van der Waals surface area contributed by atoms with Crippen molar-refractivity contribution in [3.05, 3.63) is 28.5 Å². The lowest BCUT2D eigenvalue weighted by Gasteiger charge is -2.49. The zero-order valence-corrected chi connectivity index (χ0v) is 13.4. The average Bonchev–Trinajstić information content (AvgIpc) is 2.30. The predicted molar refractivity (Wildman–Crippen MR) is 81.2 cm³/mol. The summed E-state index contributed by atoms with van der Waals surface area (Å²) in [6.07, 6.45) is 3.53. The van der Waals surface area contributed by atoms with Crippen molar-refractivity contribution in [2.75, 3.05) is 27.7 Å². The highest BCUT2D eigenvalue weighted by Gasteiger charge is 2.40. The number of aromatic nitrogens is 1. The lowest BCUT2D eigenvalue weighted by atomic mass is 9.75. The maximum atomic E-state index is 12.5. The molecule has 0 aliphatic heterocycles. The second-order valence-electron chi connectivity index (χ2n) is 5.95. The summed E-state index contributed by atoms with van der Waals surface area (Å²) >= 11 is 5.93. The molecule has 2 rings (SSSR count). The summed E-state index contributed by atoms with van der Waals surface area (Å²) in [7, 11) is 6.03. The number of carbonyl (C=O) groups is 1. The normalized spacial score (nSPS) is 16.9. The van der Waals surface area contributed by atoms with E-state index in [1.54, 1.807) is 17.0 Å². The third-order valence-corrected chi connectivity index (χ3v) is 4.47. The number of nitrogens with zero attached hydrogens (tertiary/aromatic N) is 3. The third kappa shape index (κ3) is 2.96. The van der Waals surface area contributed by atoms with Crippen LogP contribution in [0.1, 0.15) is 35.3 Å². The number of carbonyl (C=O) groups excluding carboxylic acids is 1. The van der Waals surface area contributed by atoms with Gasteiger partial charge in [0.05, 0.1) is 0 Å².